The molecule has 1 amide bonds. The van der Waals surface area contributed by atoms with E-state index in [0.717, 1.165) is 0 Å². The molecule has 4 nitrogen and oxygen atoms in total. The summed E-state index contributed by atoms with van der Waals surface area (Å²) in [4.78, 5) is 13.6. The number of hydrogen-bond donors (Lipinski definition) is 2. The van der Waals surface area contributed by atoms with Crippen LogP contribution >= 0.6 is 12.4 Å². The molecule has 1 atom stereocenters. The van der Waals surface area contributed by atoms with Crippen molar-refractivity contribution in [3.05, 3.63) is 0 Å². The first-order valence-electron chi connectivity index (χ1n) is 7.79. The van der Waals surface area contributed by atoms with Crippen molar-refractivity contribution in [3.63, 3.8) is 0 Å². The van der Waals surface area contributed by atoms with Gasteiger partial charge in [-0.1, -0.05) is 27.7 Å². The van der Waals surface area contributed by atoms with Crippen molar-refractivity contribution < 1.29 is 18.0 Å². The van der Waals surface area contributed by atoms with Gasteiger partial charge in [0.05, 0.1) is 0 Å². The van der Waals surface area contributed by atoms with Crippen molar-refractivity contribution in [1.82, 2.24) is 15.5 Å². The van der Waals surface area contributed by atoms with E-state index in [1.54, 1.807) is 0 Å². The fourth-order valence-corrected chi connectivity index (χ4v) is 3.60. The van der Waals surface area contributed by atoms with E-state index in [1.165, 1.54) is 4.90 Å². The minimum Gasteiger partial charge on any atom is -0.354 e. The Labute approximate surface area is 142 Å². The van der Waals surface area contributed by atoms with Crippen LogP contribution in [0.5, 0.6) is 0 Å². The van der Waals surface area contributed by atoms with Gasteiger partial charge in [-0.25, -0.2) is 0 Å². The number of carbonyl (C=O) groups excluding carboxylic acids is 1. The van der Waals surface area contributed by atoms with E-state index in [1.807, 2.05) is 27.7 Å². The lowest BCUT2D eigenvalue weighted by Gasteiger charge is -2.36. The lowest BCUT2D eigenvalue weighted by atomic mass is 10.0. The Bertz CT molecular complexity index is 420. The fraction of sp³-hybridized carbons (Fsp3) is 0.933. The molecule has 0 aromatic heterocycles. The van der Waals surface area contributed by atoms with Crippen molar-refractivity contribution in [2.24, 2.45) is 16.7 Å². The SMILES string of the molecule is CC1(C)C(C(=O)NCC(N2CCNCC2)C(F)(F)F)C1(C)C.Cl. The summed E-state index contributed by atoms with van der Waals surface area (Å²) in [6.07, 6.45) is -4.33. The van der Waals surface area contributed by atoms with E-state index >= 15 is 0 Å². The Morgan fingerprint density at radius 3 is 2.09 bits per heavy atom. The van der Waals surface area contributed by atoms with Crippen LogP contribution in [-0.2, 0) is 4.79 Å². The summed E-state index contributed by atoms with van der Waals surface area (Å²) < 4.78 is 39.8. The molecule has 2 N–H and O–H groups in total. The van der Waals surface area contributed by atoms with Crippen LogP contribution in [0.25, 0.3) is 0 Å². The predicted molar refractivity (Wildman–Crippen MR) is 85.6 cm³/mol. The van der Waals surface area contributed by atoms with Crippen molar-refractivity contribution in [2.45, 2.75) is 39.9 Å². The second-order valence-electron chi connectivity index (χ2n) is 7.46. The molecule has 0 spiro atoms. The van der Waals surface area contributed by atoms with Crippen LogP contribution in [-0.4, -0.2) is 55.7 Å². The monoisotopic (exact) mass is 357 g/mol. The summed E-state index contributed by atoms with van der Waals surface area (Å²) in [5, 5.41) is 5.58. The number of piperazine rings is 1. The molecule has 0 bridgehead atoms. The maximum atomic E-state index is 13.3. The first kappa shape index (κ1) is 20.5. The average molecular weight is 358 g/mol. The molecule has 2 fully saturated rings. The fourth-order valence-electron chi connectivity index (χ4n) is 3.60. The zero-order valence-electron chi connectivity index (χ0n) is 14.1. The number of carbonyl (C=O) groups is 1. The Morgan fingerprint density at radius 1 is 1.22 bits per heavy atom. The highest BCUT2D eigenvalue weighted by molar-refractivity contribution is 5.85. The normalized spacial score (nSPS) is 25.3. The van der Waals surface area contributed by atoms with Gasteiger partial charge < -0.3 is 10.6 Å². The van der Waals surface area contributed by atoms with Gasteiger partial charge in [-0.3, -0.25) is 9.69 Å². The largest absolute Gasteiger partial charge is 0.405 e. The molecule has 1 aliphatic carbocycles. The van der Waals surface area contributed by atoms with Crippen molar-refractivity contribution >= 4 is 18.3 Å². The Morgan fingerprint density at radius 2 is 1.70 bits per heavy atom. The maximum absolute atomic E-state index is 13.3. The highest BCUT2D eigenvalue weighted by Crippen LogP contribution is 2.68. The Balaban J connectivity index is 0.00000264. The van der Waals surface area contributed by atoms with Crippen LogP contribution in [0.2, 0.25) is 0 Å². The molecule has 1 heterocycles. The maximum Gasteiger partial charge on any atom is 0.405 e. The standard InChI is InChI=1S/C15H26F3N3O.ClH/c1-13(2)11(14(13,3)4)12(22)20-9-10(15(16,17)18)21-7-5-19-6-8-21;/h10-11,19H,5-9H2,1-4H3,(H,20,22);1H. The summed E-state index contributed by atoms with van der Waals surface area (Å²) in [6, 6.07) is -1.61. The highest BCUT2D eigenvalue weighted by Gasteiger charge is 2.68. The number of hydrogen-bond acceptors (Lipinski definition) is 3. The summed E-state index contributed by atoms with van der Waals surface area (Å²) in [7, 11) is 0. The zero-order chi connectivity index (χ0) is 16.8. The van der Waals surface area contributed by atoms with E-state index in [-0.39, 0.29) is 41.6 Å². The molecule has 2 rings (SSSR count). The lowest BCUT2D eigenvalue weighted by molar-refractivity contribution is -0.184. The molecule has 1 saturated heterocycles. The molecular formula is C15H27ClF3N3O. The van der Waals surface area contributed by atoms with Gasteiger partial charge >= 0.3 is 6.18 Å². The molecule has 0 aromatic rings. The second kappa shape index (κ2) is 6.76. The summed E-state index contributed by atoms with van der Waals surface area (Å²) in [6.45, 7) is 9.34. The van der Waals surface area contributed by atoms with Crippen LogP contribution < -0.4 is 10.6 Å². The number of alkyl halides is 3. The second-order valence-corrected chi connectivity index (χ2v) is 7.46. The molecule has 136 valence electrons. The third kappa shape index (κ3) is 3.94. The lowest BCUT2D eigenvalue weighted by Crippen LogP contribution is -2.57. The molecule has 1 saturated carbocycles. The van der Waals surface area contributed by atoms with Crippen LogP contribution in [0.1, 0.15) is 27.7 Å². The number of halogens is 4. The van der Waals surface area contributed by atoms with Crippen molar-refractivity contribution in [1.29, 1.82) is 0 Å². The van der Waals surface area contributed by atoms with Crippen LogP contribution in [0, 0.1) is 16.7 Å². The Hall–Kier alpha value is -0.530. The van der Waals surface area contributed by atoms with Crippen LogP contribution in [0.15, 0.2) is 0 Å². The average Bonchev–Trinajstić information content (AvgIpc) is 2.79. The molecular weight excluding hydrogens is 331 g/mol. The van der Waals surface area contributed by atoms with Gasteiger partial charge in [-0.15, -0.1) is 12.4 Å². The van der Waals surface area contributed by atoms with Crippen molar-refractivity contribution in [3.8, 4) is 0 Å². The van der Waals surface area contributed by atoms with E-state index in [2.05, 4.69) is 10.6 Å². The smallest absolute Gasteiger partial charge is 0.354 e. The molecule has 2 aliphatic rings. The van der Waals surface area contributed by atoms with E-state index in [4.69, 9.17) is 0 Å². The number of nitrogens with zero attached hydrogens (tertiary/aromatic N) is 1. The van der Waals surface area contributed by atoms with Gasteiger partial charge in [0.25, 0.3) is 0 Å². The van der Waals surface area contributed by atoms with Gasteiger partial charge in [0.2, 0.25) is 5.91 Å². The number of amides is 1. The van der Waals surface area contributed by atoms with Crippen LogP contribution in [0.4, 0.5) is 13.2 Å². The molecule has 1 unspecified atom stereocenters. The topological polar surface area (TPSA) is 44.4 Å². The highest BCUT2D eigenvalue weighted by atomic mass is 35.5. The minimum absolute atomic E-state index is 0. The van der Waals surface area contributed by atoms with Crippen LogP contribution in [0.3, 0.4) is 0 Å². The zero-order valence-corrected chi connectivity index (χ0v) is 14.9. The van der Waals surface area contributed by atoms with E-state index in [0.29, 0.717) is 26.2 Å². The minimum atomic E-state index is -4.33. The van der Waals surface area contributed by atoms with E-state index in [9.17, 15) is 18.0 Å². The van der Waals surface area contributed by atoms with Gasteiger partial charge in [-0.05, 0) is 10.8 Å². The first-order valence-corrected chi connectivity index (χ1v) is 7.79. The first-order chi connectivity index (χ1) is 9.99. The van der Waals surface area contributed by atoms with Crippen molar-refractivity contribution in [2.75, 3.05) is 32.7 Å². The molecule has 1 aliphatic heterocycles. The molecule has 8 heteroatoms. The number of nitrogens with one attached hydrogen (secondary N) is 2. The van der Waals surface area contributed by atoms with Gasteiger partial charge in [0.15, 0.2) is 0 Å². The van der Waals surface area contributed by atoms with E-state index < -0.39 is 12.2 Å². The van der Waals surface area contributed by atoms with Gasteiger partial charge in [0, 0.05) is 38.6 Å². The summed E-state index contributed by atoms with van der Waals surface area (Å²) >= 11 is 0. The molecule has 0 aromatic carbocycles. The quantitative estimate of drug-likeness (QED) is 0.809. The third-order valence-corrected chi connectivity index (χ3v) is 5.72. The summed E-state index contributed by atoms with van der Waals surface area (Å²) in [5.41, 5.74) is -0.334. The van der Waals surface area contributed by atoms with Gasteiger partial charge in [-0.2, -0.15) is 13.2 Å². The number of rotatable bonds is 4. The summed E-state index contributed by atoms with van der Waals surface area (Å²) in [5.74, 6) is -0.490. The third-order valence-electron chi connectivity index (χ3n) is 5.72. The Kier molecular flexibility index (Phi) is 6.03. The predicted octanol–water partition coefficient (Wildman–Crippen LogP) is 2.04. The molecule has 23 heavy (non-hydrogen) atoms. The van der Waals surface area contributed by atoms with Gasteiger partial charge in [0.1, 0.15) is 6.04 Å². The molecule has 0 radical (unpaired) electrons.